The van der Waals surface area contributed by atoms with Crippen LogP contribution in [0.1, 0.15) is 6.42 Å². The Morgan fingerprint density at radius 3 is 2.70 bits per heavy atom. The van der Waals surface area contributed by atoms with Gasteiger partial charge in [-0.15, -0.1) is 0 Å². The van der Waals surface area contributed by atoms with Gasteiger partial charge in [-0.25, -0.2) is 0 Å². The van der Waals surface area contributed by atoms with Crippen LogP contribution in [0, 0.1) is 0 Å². The average molecular weight is 282 g/mol. The summed E-state index contributed by atoms with van der Waals surface area (Å²) in [6.45, 7) is 1.95. The maximum absolute atomic E-state index is 11.9. The Balaban J connectivity index is 1.95. The zero-order valence-electron chi connectivity index (χ0n) is 11.5. The predicted octanol–water partition coefficient (Wildman–Crippen LogP) is -0.189. The SMILES string of the molecule is COc1cc(OC)nc(NC(=O)CC2COCCN2)n1. The van der Waals surface area contributed by atoms with Crippen molar-refractivity contribution < 1.29 is 19.0 Å². The Bertz CT molecular complexity index is 441. The van der Waals surface area contributed by atoms with E-state index in [1.807, 2.05) is 0 Å². The highest BCUT2D eigenvalue weighted by atomic mass is 16.5. The van der Waals surface area contributed by atoms with E-state index in [1.165, 1.54) is 20.3 Å². The minimum atomic E-state index is -0.191. The van der Waals surface area contributed by atoms with Gasteiger partial charge in [-0.2, -0.15) is 9.97 Å². The predicted molar refractivity (Wildman–Crippen MR) is 71.0 cm³/mol. The van der Waals surface area contributed by atoms with Gasteiger partial charge in [0, 0.05) is 19.0 Å². The van der Waals surface area contributed by atoms with Gasteiger partial charge in [-0.05, 0) is 0 Å². The van der Waals surface area contributed by atoms with Crippen LogP contribution in [-0.4, -0.2) is 55.9 Å². The molecule has 8 heteroatoms. The molecule has 0 saturated carbocycles. The molecule has 8 nitrogen and oxygen atoms in total. The number of aromatic nitrogens is 2. The Hall–Kier alpha value is -1.93. The highest BCUT2D eigenvalue weighted by molar-refractivity contribution is 5.89. The van der Waals surface area contributed by atoms with Crippen molar-refractivity contribution >= 4 is 11.9 Å². The van der Waals surface area contributed by atoms with E-state index in [1.54, 1.807) is 0 Å². The number of hydrogen-bond donors (Lipinski definition) is 2. The summed E-state index contributed by atoms with van der Waals surface area (Å²) < 4.78 is 15.3. The minimum Gasteiger partial charge on any atom is -0.481 e. The van der Waals surface area contributed by atoms with Gasteiger partial charge in [0.05, 0.1) is 33.5 Å². The number of nitrogens with zero attached hydrogens (tertiary/aromatic N) is 2. The second-order valence-corrected chi connectivity index (χ2v) is 4.25. The molecule has 0 aromatic carbocycles. The Labute approximate surface area is 116 Å². The number of carbonyl (C=O) groups excluding carboxylic acids is 1. The molecule has 0 radical (unpaired) electrons. The number of nitrogens with one attached hydrogen (secondary N) is 2. The molecule has 110 valence electrons. The number of hydrogen-bond acceptors (Lipinski definition) is 7. The third-order valence-corrected chi connectivity index (χ3v) is 2.78. The summed E-state index contributed by atoms with van der Waals surface area (Å²) in [5.41, 5.74) is 0. The fourth-order valence-electron chi connectivity index (χ4n) is 1.82. The van der Waals surface area contributed by atoms with Crippen molar-refractivity contribution in [2.24, 2.45) is 0 Å². The van der Waals surface area contributed by atoms with Crippen LogP contribution in [0.15, 0.2) is 6.07 Å². The summed E-state index contributed by atoms with van der Waals surface area (Å²) in [6, 6.07) is 1.54. The van der Waals surface area contributed by atoms with Crippen molar-refractivity contribution in [2.45, 2.75) is 12.5 Å². The fraction of sp³-hybridized carbons (Fsp3) is 0.583. The number of carbonyl (C=O) groups is 1. The van der Waals surface area contributed by atoms with E-state index in [0.29, 0.717) is 31.4 Å². The summed E-state index contributed by atoms with van der Waals surface area (Å²) in [4.78, 5) is 20.0. The third kappa shape index (κ3) is 4.04. The van der Waals surface area contributed by atoms with Gasteiger partial charge in [0.2, 0.25) is 23.6 Å². The van der Waals surface area contributed by atoms with E-state index in [4.69, 9.17) is 14.2 Å². The van der Waals surface area contributed by atoms with Crippen molar-refractivity contribution in [3.63, 3.8) is 0 Å². The summed E-state index contributed by atoms with van der Waals surface area (Å²) in [7, 11) is 2.97. The van der Waals surface area contributed by atoms with Crippen molar-refractivity contribution in [3.8, 4) is 11.8 Å². The molecule has 1 fully saturated rings. The fourth-order valence-corrected chi connectivity index (χ4v) is 1.82. The molecule has 1 aliphatic rings. The van der Waals surface area contributed by atoms with Crippen LogP contribution >= 0.6 is 0 Å². The largest absolute Gasteiger partial charge is 0.481 e. The quantitative estimate of drug-likeness (QED) is 0.773. The minimum absolute atomic E-state index is 0.0104. The molecule has 1 aliphatic heterocycles. The van der Waals surface area contributed by atoms with Crippen LogP contribution in [0.25, 0.3) is 0 Å². The van der Waals surface area contributed by atoms with Gasteiger partial charge >= 0.3 is 0 Å². The van der Waals surface area contributed by atoms with E-state index in [0.717, 1.165) is 6.54 Å². The molecule has 1 aromatic rings. The van der Waals surface area contributed by atoms with Gasteiger partial charge in [0.1, 0.15) is 0 Å². The Morgan fingerprint density at radius 2 is 2.15 bits per heavy atom. The van der Waals surface area contributed by atoms with Crippen molar-refractivity contribution in [2.75, 3.05) is 39.3 Å². The number of amides is 1. The molecule has 0 bridgehead atoms. The van der Waals surface area contributed by atoms with Crippen molar-refractivity contribution in [1.82, 2.24) is 15.3 Å². The van der Waals surface area contributed by atoms with Gasteiger partial charge < -0.3 is 19.5 Å². The molecular weight excluding hydrogens is 264 g/mol. The van der Waals surface area contributed by atoms with Gasteiger partial charge in [-0.3, -0.25) is 10.1 Å². The smallest absolute Gasteiger partial charge is 0.236 e. The molecule has 20 heavy (non-hydrogen) atoms. The number of ether oxygens (including phenoxy) is 3. The van der Waals surface area contributed by atoms with E-state index < -0.39 is 0 Å². The van der Waals surface area contributed by atoms with E-state index in [2.05, 4.69) is 20.6 Å². The normalized spacial score (nSPS) is 18.4. The van der Waals surface area contributed by atoms with Gasteiger partial charge in [-0.1, -0.05) is 0 Å². The summed E-state index contributed by atoms with van der Waals surface area (Å²) in [5.74, 6) is 0.615. The molecule has 0 spiro atoms. The molecule has 1 unspecified atom stereocenters. The summed E-state index contributed by atoms with van der Waals surface area (Å²) in [5, 5.41) is 5.83. The van der Waals surface area contributed by atoms with E-state index in [-0.39, 0.29) is 17.9 Å². The number of morpholine rings is 1. The van der Waals surface area contributed by atoms with Crippen molar-refractivity contribution in [1.29, 1.82) is 0 Å². The maximum Gasteiger partial charge on any atom is 0.236 e. The highest BCUT2D eigenvalue weighted by Crippen LogP contribution is 2.17. The first kappa shape index (κ1) is 14.5. The Morgan fingerprint density at radius 1 is 1.45 bits per heavy atom. The monoisotopic (exact) mass is 282 g/mol. The summed E-state index contributed by atoms with van der Waals surface area (Å²) >= 11 is 0. The molecule has 1 saturated heterocycles. The lowest BCUT2D eigenvalue weighted by Gasteiger charge is -2.23. The zero-order chi connectivity index (χ0) is 14.4. The molecule has 1 atom stereocenters. The van der Waals surface area contributed by atoms with Crippen molar-refractivity contribution in [3.05, 3.63) is 6.07 Å². The molecule has 2 N–H and O–H groups in total. The standard InChI is InChI=1S/C12H18N4O4/c1-18-10-6-11(19-2)16-12(15-10)14-9(17)5-8-7-20-4-3-13-8/h6,8,13H,3-5,7H2,1-2H3,(H,14,15,16,17). The number of rotatable bonds is 5. The molecule has 1 aromatic heterocycles. The first-order valence-corrected chi connectivity index (χ1v) is 6.29. The van der Waals surface area contributed by atoms with Crippen LogP contribution in [0.5, 0.6) is 11.8 Å². The molecule has 0 aliphatic carbocycles. The van der Waals surface area contributed by atoms with Crippen LogP contribution in [0.3, 0.4) is 0 Å². The van der Waals surface area contributed by atoms with E-state index >= 15 is 0 Å². The van der Waals surface area contributed by atoms with Gasteiger partial charge in [0.15, 0.2) is 0 Å². The lowest BCUT2D eigenvalue weighted by molar-refractivity contribution is -0.117. The third-order valence-electron chi connectivity index (χ3n) is 2.78. The maximum atomic E-state index is 11.9. The molecule has 1 amide bonds. The first-order chi connectivity index (χ1) is 9.71. The van der Waals surface area contributed by atoms with Gasteiger partial charge in [0.25, 0.3) is 0 Å². The second-order valence-electron chi connectivity index (χ2n) is 4.25. The first-order valence-electron chi connectivity index (χ1n) is 6.29. The average Bonchev–Trinajstić information content (AvgIpc) is 2.47. The lowest BCUT2D eigenvalue weighted by atomic mass is 10.2. The van der Waals surface area contributed by atoms with Crippen LogP contribution in [0.2, 0.25) is 0 Å². The molecule has 2 rings (SSSR count). The highest BCUT2D eigenvalue weighted by Gasteiger charge is 2.18. The lowest BCUT2D eigenvalue weighted by Crippen LogP contribution is -2.43. The van der Waals surface area contributed by atoms with Crippen LogP contribution < -0.4 is 20.1 Å². The molecule has 2 heterocycles. The summed E-state index contributed by atoms with van der Waals surface area (Å²) in [6.07, 6.45) is 0.295. The Kier molecular flexibility index (Phi) is 5.08. The van der Waals surface area contributed by atoms with E-state index in [9.17, 15) is 4.79 Å². The topological polar surface area (TPSA) is 94.6 Å². The zero-order valence-corrected chi connectivity index (χ0v) is 11.5. The molecular formula is C12H18N4O4. The second kappa shape index (κ2) is 7.01. The number of anilines is 1. The van der Waals surface area contributed by atoms with Crippen LogP contribution in [-0.2, 0) is 9.53 Å². The van der Waals surface area contributed by atoms with Crippen LogP contribution in [0.4, 0.5) is 5.95 Å². The number of methoxy groups -OCH3 is 2.